The van der Waals surface area contributed by atoms with Crippen LogP contribution in [0.1, 0.15) is 62.3 Å². The topological polar surface area (TPSA) is 26.3 Å². The van der Waals surface area contributed by atoms with Gasteiger partial charge in [0.1, 0.15) is 6.29 Å². The Hall–Kier alpha value is -0.153. The molecule has 0 bridgehead atoms. The Morgan fingerprint density at radius 3 is 1.37 bits per heavy atom. The largest absolute Gasteiger partial charge is 0.412 e. The standard InChI is InChI=1S/C16H34O2Si/c1-11(2)16(15(9)10-17)18-19(12(3)4,13(5)6)14(7)8/h10-16H,1-9H3/t15-,16-/m0/s1. The second-order valence-corrected chi connectivity index (χ2v) is 12.5. The zero-order chi connectivity index (χ0) is 15.4. The van der Waals surface area contributed by atoms with E-state index in [4.69, 9.17) is 4.43 Å². The van der Waals surface area contributed by atoms with E-state index in [0.717, 1.165) is 6.29 Å². The quantitative estimate of drug-likeness (QED) is 0.461. The van der Waals surface area contributed by atoms with Crippen LogP contribution in [-0.2, 0) is 9.22 Å². The first kappa shape index (κ1) is 18.8. The fourth-order valence-corrected chi connectivity index (χ4v) is 9.35. The number of carbonyl (C=O) groups is 1. The van der Waals surface area contributed by atoms with E-state index >= 15 is 0 Å². The van der Waals surface area contributed by atoms with Crippen LogP contribution in [0, 0.1) is 11.8 Å². The van der Waals surface area contributed by atoms with Crippen LogP contribution in [0.5, 0.6) is 0 Å². The summed E-state index contributed by atoms with van der Waals surface area (Å²) in [7, 11) is -1.89. The molecular formula is C16H34O2Si. The van der Waals surface area contributed by atoms with Crippen LogP contribution in [0.2, 0.25) is 16.6 Å². The molecule has 2 nitrogen and oxygen atoms in total. The van der Waals surface area contributed by atoms with Crippen LogP contribution in [0.3, 0.4) is 0 Å². The van der Waals surface area contributed by atoms with Gasteiger partial charge < -0.3 is 9.22 Å². The van der Waals surface area contributed by atoms with Gasteiger partial charge in [-0.1, -0.05) is 62.3 Å². The number of carbonyl (C=O) groups excluding carboxylic acids is 1. The van der Waals surface area contributed by atoms with Crippen molar-refractivity contribution in [2.75, 3.05) is 0 Å². The highest BCUT2D eigenvalue weighted by atomic mass is 28.4. The molecule has 0 heterocycles. The number of hydrogen-bond donors (Lipinski definition) is 0. The molecule has 0 aliphatic carbocycles. The summed E-state index contributed by atoms with van der Waals surface area (Å²) in [5.41, 5.74) is 1.69. The van der Waals surface area contributed by atoms with Gasteiger partial charge >= 0.3 is 0 Å². The van der Waals surface area contributed by atoms with E-state index in [1.54, 1.807) is 0 Å². The van der Waals surface area contributed by atoms with Crippen molar-refractivity contribution in [3.63, 3.8) is 0 Å². The minimum atomic E-state index is -1.89. The molecule has 0 aromatic heterocycles. The summed E-state index contributed by atoms with van der Waals surface area (Å²) < 4.78 is 6.74. The van der Waals surface area contributed by atoms with E-state index in [1.165, 1.54) is 0 Å². The van der Waals surface area contributed by atoms with Gasteiger partial charge in [-0.25, -0.2) is 0 Å². The number of aldehydes is 1. The maximum absolute atomic E-state index is 11.2. The summed E-state index contributed by atoms with van der Waals surface area (Å²) >= 11 is 0. The molecule has 19 heavy (non-hydrogen) atoms. The smallest absolute Gasteiger partial charge is 0.200 e. The van der Waals surface area contributed by atoms with Crippen molar-refractivity contribution in [2.24, 2.45) is 11.8 Å². The zero-order valence-corrected chi connectivity index (χ0v) is 15.4. The maximum atomic E-state index is 11.2. The first-order valence-corrected chi connectivity index (χ1v) is 9.88. The Labute approximate surface area is 121 Å². The van der Waals surface area contributed by atoms with Crippen LogP contribution in [-0.4, -0.2) is 20.7 Å². The second-order valence-electron chi connectivity index (χ2n) is 7.14. The van der Waals surface area contributed by atoms with Gasteiger partial charge in [-0.05, 0) is 22.5 Å². The lowest BCUT2D eigenvalue weighted by Gasteiger charge is -2.46. The van der Waals surface area contributed by atoms with E-state index in [2.05, 4.69) is 55.4 Å². The Morgan fingerprint density at radius 1 is 0.789 bits per heavy atom. The first-order valence-electron chi connectivity index (χ1n) is 7.74. The predicted octanol–water partition coefficient (Wildman–Crippen LogP) is 5.04. The molecule has 3 heteroatoms. The molecule has 0 N–H and O–H groups in total. The van der Waals surface area contributed by atoms with Crippen LogP contribution in [0.15, 0.2) is 0 Å². The lowest BCUT2D eigenvalue weighted by molar-refractivity contribution is -0.114. The highest BCUT2D eigenvalue weighted by molar-refractivity contribution is 6.77. The summed E-state index contributed by atoms with van der Waals surface area (Å²) in [5, 5.41) is 0. The molecule has 0 amide bonds. The van der Waals surface area contributed by atoms with Gasteiger partial charge in [0.2, 0.25) is 8.32 Å². The Bertz CT molecular complexity index is 250. The normalized spacial score (nSPS) is 16.5. The SMILES string of the molecule is CC(C)[C@H](O[Si](C(C)C)(C(C)C)C(C)C)[C@@H](C)C=O. The van der Waals surface area contributed by atoms with Crippen LogP contribution in [0.25, 0.3) is 0 Å². The van der Waals surface area contributed by atoms with Gasteiger partial charge in [-0.3, -0.25) is 0 Å². The van der Waals surface area contributed by atoms with Crippen molar-refractivity contribution in [3.8, 4) is 0 Å². The highest BCUT2D eigenvalue weighted by Gasteiger charge is 2.47. The minimum Gasteiger partial charge on any atom is -0.412 e. The van der Waals surface area contributed by atoms with Gasteiger partial charge in [-0.2, -0.15) is 0 Å². The highest BCUT2D eigenvalue weighted by Crippen LogP contribution is 2.44. The lowest BCUT2D eigenvalue weighted by Crippen LogP contribution is -2.52. The summed E-state index contributed by atoms with van der Waals surface area (Å²) in [5.74, 6) is 0.353. The molecule has 2 atom stereocenters. The van der Waals surface area contributed by atoms with Gasteiger partial charge in [0, 0.05) is 5.92 Å². The fourth-order valence-electron chi connectivity index (χ4n) is 3.57. The van der Waals surface area contributed by atoms with Crippen molar-refractivity contribution in [3.05, 3.63) is 0 Å². The van der Waals surface area contributed by atoms with Gasteiger partial charge in [0.05, 0.1) is 6.10 Å². The molecule has 0 fully saturated rings. The van der Waals surface area contributed by atoms with E-state index < -0.39 is 8.32 Å². The van der Waals surface area contributed by atoms with Crippen molar-refractivity contribution < 1.29 is 9.22 Å². The molecule has 0 aromatic carbocycles. The van der Waals surface area contributed by atoms with Gasteiger partial charge in [-0.15, -0.1) is 0 Å². The summed E-state index contributed by atoms with van der Waals surface area (Å²) in [6.45, 7) is 20.0. The zero-order valence-electron chi connectivity index (χ0n) is 14.4. The first-order chi connectivity index (χ1) is 8.61. The molecule has 0 saturated heterocycles. The maximum Gasteiger partial charge on any atom is 0.200 e. The van der Waals surface area contributed by atoms with Crippen LogP contribution < -0.4 is 0 Å². The summed E-state index contributed by atoms with van der Waals surface area (Å²) in [6.07, 6.45) is 1.10. The van der Waals surface area contributed by atoms with E-state index in [0.29, 0.717) is 22.5 Å². The molecule has 0 spiro atoms. The van der Waals surface area contributed by atoms with Crippen LogP contribution in [0.4, 0.5) is 0 Å². The molecule has 0 saturated carbocycles. The lowest BCUT2D eigenvalue weighted by atomic mass is 9.96. The molecule has 0 aromatic rings. The summed E-state index contributed by atoms with van der Waals surface area (Å²) in [4.78, 5) is 11.2. The van der Waals surface area contributed by atoms with Crippen molar-refractivity contribution >= 4 is 14.6 Å². The van der Waals surface area contributed by atoms with Crippen molar-refractivity contribution in [1.82, 2.24) is 0 Å². The Balaban J connectivity index is 5.45. The Kier molecular flexibility index (Phi) is 7.52. The average molecular weight is 287 g/mol. The number of hydrogen-bond acceptors (Lipinski definition) is 2. The third-order valence-electron chi connectivity index (χ3n) is 4.44. The van der Waals surface area contributed by atoms with Crippen molar-refractivity contribution in [2.45, 2.75) is 85.0 Å². The number of rotatable bonds is 8. The van der Waals surface area contributed by atoms with Crippen molar-refractivity contribution in [1.29, 1.82) is 0 Å². The van der Waals surface area contributed by atoms with Crippen LogP contribution >= 0.6 is 0 Å². The summed E-state index contributed by atoms with van der Waals surface area (Å²) in [6, 6.07) is 0. The molecule has 114 valence electrons. The minimum absolute atomic E-state index is 0.0249. The molecule has 0 aliphatic heterocycles. The molecular weight excluding hydrogens is 252 g/mol. The monoisotopic (exact) mass is 286 g/mol. The van der Waals surface area contributed by atoms with E-state index in [9.17, 15) is 4.79 Å². The van der Waals surface area contributed by atoms with Gasteiger partial charge in [0.25, 0.3) is 0 Å². The second kappa shape index (κ2) is 7.58. The third kappa shape index (κ3) is 4.15. The van der Waals surface area contributed by atoms with Gasteiger partial charge in [0.15, 0.2) is 0 Å². The Morgan fingerprint density at radius 2 is 1.16 bits per heavy atom. The fraction of sp³-hybridized carbons (Fsp3) is 0.938. The molecule has 0 rings (SSSR count). The van der Waals surface area contributed by atoms with E-state index in [1.807, 2.05) is 6.92 Å². The third-order valence-corrected chi connectivity index (χ3v) is 10.5. The molecule has 0 aliphatic rings. The molecule has 0 unspecified atom stereocenters. The molecule has 0 radical (unpaired) electrons. The average Bonchev–Trinajstić information content (AvgIpc) is 2.27. The predicted molar refractivity (Wildman–Crippen MR) is 86.0 cm³/mol. The van der Waals surface area contributed by atoms with E-state index in [-0.39, 0.29) is 12.0 Å².